The van der Waals surface area contributed by atoms with Crippen molar-refractivity contribution in [3.8, 4) is 17.3 Å². The predicted octanol–water partition coefficient (Wildman–Crippen LogP) is 7.60. The Kier molecular flexibility index (Phi) is 9.40. The van der Waals surface area contributed by atoms with Crippen molar-refractivity contribution in [2.24, 2.45) is 0 Å². The van der Waals surface area contributed by atoms with Crippen LogP contribution in [-0.2, 0) is 26.1 Å². The topological polar surface area (TPSA) is 117 Å². The molecule has 1 aromatic heterocycles. The predicted molar refractivity (Wildman–Crippen MR) is 177 cm³/mol. The first-order valence-electron chi connectivity index (χ1n) is 15.0. The molecule has 0 amide bonds. The Morgan fingerprint density at radius 1 is 1.16 bits per heavy atom. The van der Waals surface area contributed by atoms with Gasteiger partial charge in [0.2, 0.25) is 5.95 Å². The smallest absolute Gasteiger partial charge is 0.227 e. The van der Waals surface area contributed by atoms with E-state index in [2.05, 4.69) is 75.5 Å². The molecule has 0 aliphatic carbocycles. The number of nitriles is 1. The second-order valence-corrected chi connectivity index (χ2v) is 20.3. The van der Waals surface area contributed by atoms with Gasteiger partial charge >= 0.3 is 0 Å². The molecule has 1 atom stereocenters. The number of anilines is 3. The number of hydrogen-bond acceptors (Lipinski definition) is 8. The maximum Gasteiger partial charge on any atom is 0.227 e. The molecule has 2 heterocycles. The minimum absolute atomic E-state index is 0.100. The molecule has 2 N–H and O–H groups in total. The van der Waals surface area contributed by atoms with E-state index in [9.17, 15) is 13.7 Å². The molecule has 0 bridgehead atoms. The van der Waals surface area contributed by atoms with Gasteiger partial charge in [-0.05, 0) is 78.5 Å². The number of rotatable bonds is 11. The zero-order chi connectivity index (χ0) is 31.6. The molecule has 1 aliphatic rings. The zero-order valence-corrected chi connectivity index (χ0v) is 28.6. The highest BCUT2D eigenvalue weighted by Crippen LogP contribution is 2.44. The molecule has 0 saturated heterocycles. The van der Waals surface area contributed by atoms with Gasteiger partial charge in [0.05, 0.1) is 21.8 Å². The fraction of sp³-hybridized carbons (Fsp3) is 0.485. The molecule has 0 unspecified atom stereocenters. The van der Waals surface area contributed by atoms with Crippen LogP contribution in [0.15, 0.2) is 47.5 Å². The summed E-state index contributed by atoms with van der Waals surface area (Å²) in [7, 11) is -5.30. The number of fused-ring (bicyclic) bond motifs is 1. The molecule has 4 rings (SSSR count). The van der Waals surface area contributed by atoms with Crippen LogP contribution in [-0.4, -0.2) is 46.1 Å². The van der Waals surface area contributed by atoms with Crippen molar-refractivity contribution in [2.75, 3.05) is 30.0 Å². The molecule has 0 spiro atoms. The second kappa shape index (κ2) is 12.4. The van der Waals surface area contributed by atoms with Crippen molar-refractivity contribution < 1.29 is 12.8 Å². The Labute approximate surface area is 258 Å². The fourth-order valence-corrected chi connectivity index (χ4v) is 6.79. The molecule has 43 heavy (non-hydrogen) atoms. The number of nitrogens with zero attached hydrogens (tertiary/aromatic N) is 3. The first-order valence-corrected chi connectivity index (χ1v) is 19.8. The highest BCUT2D eigenvalue weighted by molar-refractivity contribution is 7.90. The van der Waals surface area contributed by atoms with Crippen LogP contribution in [0.4, 0.5) is 17.3 Å². The Morgan fingerprint density at radius 2 is 1.91 bits per heavy atom. The average molecular weight is 620 g/mol. The first kappa shape index (κ1) is 32.6. The average Bonchev–Trinajstić information content (AvgIpc) is 3.28. The van der Waals surface area contributed by atoms with Gasteiger partial charge in [0, 0.05) is 42.3 Å². The number of benzene rings is 2. The standard InChI is InChI=1S/C33H45N5O3SSi/c1-9-10-11-12-23-18-26(42(6,39)40)13-14-28(23)37-31-35-16-15-29(38-31)24-17-25(20-34)30-27(19-24)33(5,21-36-30)22-41-43(7,8)32(2,3)4/h13-19,36H,9-12,21-22H2,1-8H3,(H,35,37,38)/t33-/m1/s1. The lowest BCUT2D eigenvalue weighted by molar-refractivity contribution is 0.220. The van der Waals surface area contributed by atoms with Gasteiger partial charge in [0.1, 0.15) is 6.07 Å². The van der Waals surface area contributed by atoms with Crippen LogP contribution in [0.25, 0.3) is 11.3 Å². The molecule has 10 heteroatoms. The summed E-state index contributed by atoms with van der Waals surface area (Å²) in [6.45, 7) is 16.8. The molecule has 3 aromatic rings. The van der Waals surface area contributed by atoms with Crippen molar-refractivity contribution in [1.29, 1.82) is 5.26 Å². The van der Waals surface area contributed by atoms with Crippen molar-refractivity contribution in [2.45, 2.75) is 88.7 Å². The molecule has 0 fully saturated rings. The summed E-state index contributed by atoms with van der Waals surface area (Å²) in [6.07, 6.45) is 6.76. The number of aromatic nitrogens is 2. The molecular formula is C33H45N5O3SSi. The summed E-state index contributed by atoms with van der Waals surface area (Å²) in [6, 6.07) is 13.4. The quantitative estimate of drug-likeness (QED) is 0.166. The van der Waals surface area contributed by atoms with Gasteiger partial charge in [0.15, 0.2) is 18.2 Å². The van der Waals surface area contributed by atoms with Crippen molar-refractivity contribution in [1.82, 2.24) is 9.97 Å². The Hall–Kier alpha value is -3.26. The van der Waals surface area contributed by atoms with E-state index in [0.717, 1.165) is 53.7 Å². The van der Waals surface area contributed by atoms with Crippen LogP contribution in [0.5, 0.6) is 0 Å². The molecule has 230 valence electrons. The minimum atomic E-state index is -3.33. The third-order valence-corrected chi connectivity index (χ3v) is 14.5. The minimum Gasteiger partial charge on any atom is -0.416 e. The van der Waals surface area contributed by atoms with Crippen LogP contribution < -0.4 is 10.6 Å². The van der Waals surface area contributed by atoms with Crippen LogP contribution in [0.3, 0.4) is 0 Å². The molecule has 2 aromatic carbocycles. The van der Waals surface area contributed by atoms with E-state index in [0.29, 0.717) is 35.3 Å². The van der Waals surface area contributed by atoms with Gasteiger partial charge in [0.25, 0.3) is 0 Å². The fourth-order valence-electron chi connectivity index (χ4n) is 5.00. The van der Waals surface area contributed by atoms with Gasteiger partial charge in [-0.3, -0.25) is 0 Å². The third-order valence-electron chi connectivity index (χ3n) is 8.87. The van der Waals surface area contributed by atoms with Crippen molar-refractivity contribution in [3.05, 3.63) is 59.3 Å². The molecule has 8 nitrogen and oxygen atoms in total. The molecule has 0 radical (unpaired) electrons. The number of unbranched alkanes of at least 4 members (excludes halogenated alkanes) is 2. The van der Waals surface area contributed by atoms with Crippen LogP contribution in [0.2, 0.25) is 18.1 Å². The monoisotopic (exact) mass is 619 g/mol. The number of aryl methyl sites for hydroxylation is 1. The summed E-state index contributed by atoms with van der Waals surface area (Å²) < 4.78 is 31.1. The second-order valence-electron chi connectivity index (χ2n) is 13.5. The summed E-state index contributed by atoms with van der Waals surface area (Å²) >= 11 is 0. The van der Waals surface area contributed by atoms with Gasteiger partial charge in [-0.25, -0.2) is 18.4 Å². The van der Waals surface area contributed by atoms with E-state index in [-0.39, 0.29) is 10.5 Å². The van der Waals surface area contributed by atoms with E-state index in [1.165, 1.54) is 6.26 Å². The van der Waals surface area contributed by atoms with E-state index in [4.69, 9.17) is 9.41 Å². The third kappa shape index (κ3) is 7.28. The largest absolute Gasteiger partial charge is 0.416 e. The summed E-state index contributed by atoms with van der Waals surface area (Å²) in [5.41, 5.74) is 5.42. The Morgan fingerprint density at radius 3 is 2.56 bits per heavy atom. The maximum absolute atomic E-state index is 12.2. The number of sulfone groups is 1. The summed E-state index contributed by atoms with van der Waals surface area (Å²) in [5, 5.41) is 17.0. The van der Waals surface area contributed by atoms with Crippen molar-refractivity contribution >= 4 is 35.5 Å². The van der Waals surface area contributed by atoms with Crippen LogP contribution in [0, 0.1) is 11.3 Å². The molecular weight excluding hydrogens is 575 g/mol. The summed E-state index contributed by atoms with van der Waals surface area (Å²) in [5.74, 6) is 0.405. The number of hydrogen-bond donors (Lipinski definition) is 2. The first-order chi connectivity index (χ1) is 20.1. The zero-order valence-electron chi connectivity index (χ0n) is 26.8. The lowest BCUT2D eigenvalue weighted by Gasteiger charge is -2.39. The van der Waals surface area contributed by atoms with Crippen LogP contribution in [0.1, 0.15) is 70.6 Å². The molecule has 1 aliphatic heterocycles. The lowest BCUT2D eigenvalue weighted by Crippen LogP contribution is -2.45. The van der Waals surface area contributed by atoms with Crippen LogP contribution >= 0.6 is 0 Å². The lowest BCUT2D eigenvalue weighted by atomic mass is 9.83. The summed E-state index contributed by atoms with van der Waals surface area (Å²) in [4.78, 5) is 9.58. The van der Waals surface area contributed by atoms with Gasteiger partial charge in [-0.15, -0.1) is 0 Å². The maximum atomic E-state index is 12.2. The highest BCUT2D eigenvalue weighted by atomic mass is 32.2. The van der Waals surface area contributed by atoms with Gasteiger partial charge < -0.3 is 15.1 Å². The van der Waals surface area contributed by atoms with Gasteiger partial charge in [-0.1, -0.05) is 47.5 Å². The van der Waals surface area contributed by atoms with E-state index < -0.39 is 18.2 Å². The number of nitrogens with one attached hydrogen (secondary N) is 2. The van der Waals surface area contributed by atoms with E-state index >= 15 is 0 Å². The van der Waals surface area contributed by atoms with E-state index in [1.54, 1.807) is 24.4 Å². The highest BCUT2D eigenvalue weighted by Gasteiger charge is 2.42. The van der Waals surface area contributed by atoms with Crippen molar-refractivity contribution in [3.63, 3.8) is 0 Å². The van der Waals surface area contributed by atoms with E-state index in [1.807, 2.05) is 12.1 Å². The Bertz CT molecular complexity index is 1640. The normalized spacial score (nSPS) is 16.8. The SMILES string of the molecule is CCCCCc1cc(S(C)(=O)=O)ccc1Nc1nccc(-c2cc(C#N)c3c(c2)[C@@](C)(CO[Si](C)(C)C(C)(C)C)CN3)n1. The Balaban J connectivity index is 1.67. The molecule has 0 saturated carbocycles. The van der Waals surface area contributed by atoms with Gasteiger partial charge in [-0.2, -0.15) is 5.26 Å².